The van der Waals surface area contributed by atoms with Crippen molar-refractivity contribution < 1.29 is 0 Å². The molecule has 0 aliphatic heterocycles. The van der Waals surface area contributed by atoms with E-state index in [4.69, 9.17) is 0 Å². The van der Waals surface area contributed by atoms with E-state index in [1.165, 1.54) is 0 Å². The largest absolute Gasteiger partial charge is 0.307 e. The number of fused-ring (bicyclic) bond motifs is 1. The fourth-order valence-corrected chi connectivity index (χ4v) is 2.92. The Hall–Kier alpha value is -1.88. The highest BCUT2D eigenvalue weighted by Crippen LogP contribution is 2.39. The van der Waals surface area contributed by atoms with E-state index < -0.39 is 0 Å². The Labute approximate surface area is 107 Å². The zero-order chi connectivity index (χ0) is 12.1. The van der Waals surface area contributed by atoms with Crippen LogP contribution >= 0.6 is 11.3 Å². The molecular weight excluding hydrogens is 246 g/mol. The Balaban J connectivity index is 1.99. The molecule has 0 saturated heterocycles. The van der Waals surface area contributed by atoms with Crippen LogP contribution in [0.25, 0.3) is 16.2 Å². The number of hydrogen-bond donors (Lipinski definition) is 1. The lowest BCUT2D eigenvalue weighted by Crippen LogP contribution is -2.11. The van der Waals surface area contributed by atoms with Crippen molar-refractivity contribution in [3.05, 3.63) is 45.7 Å². The molecule has 3 heterocycles. The summed E-state index contributed by atoms with van der Waals surface area (Å²) in [7, 11) is 0. The highest BCUT2D eigenvalue weighted by molar-refractivity contribution is 7.13. The highest BCUT2D eigenvalue weighted by Gasteiger charge is 2.27. The first kappa shape index (κ1) is 10.1. The minimum absolute atomic E-state index is 0.0398. The second kappa shape index (κ2) is 3.55. The smallest absolute Gasteiger partial charge is 0.251 e. The molecule has 1 aliphatic rings. The summed E-state index contributed by atoms with van der Waals surface area (Å²) in [5.74, 6) is 0.505. The van der Waals surface area contributed by atoms with E-state index in [9.17, 15) is 4.79 Å². The van der Waals surface area contributed by atoms with Gasteiger partial charge in [0.1, 0.15) is 11.3 Å². The average Bonchev–Trinajstić information content (AvgIpc) is 2.90. The van der Waals surface area contributed by atoms with Crippen LogP contribution in [-0.4, -0.2) is 14.6 Å². The van der Waals surface area contributed by atoms with E-state index in [0.29, 0.717) is 5.92 Å². The van der Waals surface area contributed by atoms with Crippen molar-refractivity contribution in [2.75, 3.05) is 0 Å². The zero-order valence-corrected chi connectivity index (χ0v) is 10.4. The summed E-state index contributed by atoms with van der Waals surface area (Å²) in [5, 5.41) is 6.65. The molecule has 5 heteroatoms. The van der Waals surface area contributed by atoms with Crippen molar-refractivity contribution in [1.82, 2.24) is 14.6 Å². The Morgan fingerprint density at radius 1 is 1.39 bits per heavy atom. The van der Waals surface area contributed by atoms with Gasteiger partial charge in [0.15, 0.2) is 0 Å². The zero-order valence-electron chi connectivity index (χ0n) is 9.59. The summed E-state index contributed by atoms with van der Waals surface area (Å²) in [6.45, 7) is 0. The van der Waals surface area contributed by atoms with Gasteiger partial charge in [-0.05, 0) is 24.3 Å². The van der Waals surface area contributed by atoms with Gasteiger partial charge in [0.05, 0.1) is 10.6 Å². The van der Waals surface area contributed by atoms with Crippen molar-refractivity contribution in [3.8, 4) is 10.6 Å². The molecule has 0 bridgehead atoms. The second-order valence-electron chi connectivity index (χ2n) is 4.64. The van der Waals surface area contributed by atoms with Gasteiger partial charge in [-0.25, -0.2) is 4.52 Å². The number of nitrogens with one attached hydrogen (secondary N) is 1. The van der Waals surface area contributed by atoms with Crippen molar-refractivity contribution in [2.45, 2.75) is 18.8 Å². The maximum atomic E-state index is 11.6. The van der Waals surface area contributed by atoms with Crippen molar-refractivity contribution >= 4 is 17.0 Å². The van der Waals surface area contributed by atoms with E-state index in [0.717, 1.165) is 34.8 Å². The molecule has 1 aliphatic carbocycles. The number of thiophene rings is 1. The SMILES string of the molecule is O=c1cc(C2CC2)n2nc(-c3cccs3)cc2[nH]1. The molecule has 90 valence electrons. The maximum absolute atomic E-state index is 11.6. The van der Waals surface area contributed by atoms with Crippen LogP contribution < -0.4 is 5.56 Å². The van der Waals surface area contributed by atoms with Crippen molar-refractivity contribution in [3.63, 3.8) is 0 Å². The van der Waals surface area contributed by atoms with Gasteiger partial charge in [0.25, 0.3) is 5.56 Å². The standard InChI is InChI=1S/C13H11N3OS/c17-13-7-10(8-3-4-8)16-12(14-13)6-9(15-16)11-2-1-5-18-11/h1-2,5-8H,3-4H2,(H,14,17). The van der Waals surface area contributed by atoms with Crippen LogP contribution in [-0.2, 0) is 0 Å². The van der Waals surface area contributed by atoms with Gasteiger partial charge in [-0.3, -0.25) is 4.79 Å². The van der Waals surface area contributed by atoms with Gasteiger partial charge >= 0.3 is 0 Å². The number of rotatable bonds is 2. The van der Waals surface area contributed by atoms with E-state index in [1.807, 2.05) is 28.1 Å². The van der Waals surface area contributed by atoms with E-state index in [-0.39, 0.29) is 5.56 Å². The summed E-state index contributed by atoms with van der Waals surface area (Å²) >= 11 is 1.66. The van der Waals surface area contributed by atoms with Gasteiger partial charge in [0, 0.05) is 18.1 Å². The van der Waals surface area contributed by atoms with E-state index in [2.05, 4.69) is 10.1 Å². The Morgan fingerprint density at radius 2 is 2.28 bits per heavy atom. The Kier molecular flexibility index (Phi) is 1.99. The molecule has 1 N–H and O–H groups in total. The van der Waals surface area contributed by atoms with Gasteiger partial charge in [-0.15, -0.1) is 11.3 Å². The third-order valence-electron chi connectivity index (χ3n) is 3.25. The fraction of sp³-hybridized carbons (Fsp3) is 0.231. The first-order valence-electron chi connectivity index (χ1n) is 5.98. The fourth-order valence-electron chi connectivity index (χ4n) is 2.24. The van der Waals surface area contributed by atoms with Crippen molar-refractivity contribution in [2.24, 2.45) is 0 Å². The molecule has 0 unspecified atom stereocenters. The molecular formula is C13H11N3OS. The van der Waals surface area contributed by atoms with Crippen LogP contribution in [0.2, 0.25) is 0 Å². The topological polar surface area (TPSA) is 50.2 Å². The number of H-pyrrole nitrogens is 1. The van der Waals surface area contributed by atoms with Gasteiger partial charge in [-0.2, -0.15) is 5.10 Å². The predicted molar refractivity (Wildman–Crippen MR) is 71.1 cm³/mol. The molecule has 3 aromatic rings. The molecule has 4 nitrogen and oxygen atoms in total. The summed E-state index contributed by atoms with van der Waals surface area (Å²) < 4.78 is 1.88. The minimum Gasteiger partial charge on any atom is -0.307 e. The quantitative estimate of drug-likeness (QED) is 0.767. The third kappa shape index (κ3) is 1.51. The summed E-state index contributed by atoms with van der Waals surface area (Å²) in [4.78, 5) is 15.6. The third-order valence-corrected chi connectivity index (χ3v) is 4.15. The average molecular weight is 257 g/mol. The van der Waals surface area contributed by atoms with Gasteiger partial charge < -0.3 is 4.98 Å². The lowest BCUT2D eigenvalue weighted by molar-refractivity contribution is 0.838. The Bertz CT molecular complexity index is 765. The maximum Gasteiger partial charge on any atom is 0.251 e. The number of nitrogens with zero attached hydrogens (tertiary/aromatic N) is 2. The number of aromatic nitrogens is 3. The van der Waals surface area contributed by atoms with Gasteiger partial charge in [-0.1, -0.05) is 6.07 Å². The normalized spacial score (nSPS) is 15.3. The van der Waals surface area contributed by atoms with Crippen LogP contribution in [0.3, 0.4) is 0 Å². The van der Waals surface area contributed by atoms with Gasteiger partial charge in [0.2, 0.25) is 0 Å². The number of aromatic amines is 1. The Morgan fingerprint density at radius 3 is 3.00 bits per heavy atom. The summed E-state index contributed by atoms with van der Waals surface area (Å²) in [6.07, 6.45) is 2.32. The van der Waals surface area contributed by atoms with Crippen LogP contribution in [0.1, 0.15) is 24.5 Å². The molecule has 1 saturated carbocycles. The van der Waals surface area contributed by atoms with Crippen LogP contribution in [0.5, 0.6) is 0 Å². The molecule has 0 spiro atoms. The monoisotopic (exact) mass is 257 g/mol. The molecule has 0 amide bonds. The summed E-state index contributed by atoms with van der Waals surface area (Å²) in [6, 6.07) is 7.67. The summed E-state index contributed by atoms with van der Waals surface area (Å²) in [5.41, 5.74) is 2.71. The second-order valence-corrected chi connectivity index (χ2v) is 5.58. The molecule has 0 radical (unpaired) electrons. The first-order chi connectivity index (χ1) is 8.81. The minimum atomic E-state index is -0.0398. The predicted octanol–water partition coefficient (Wildman–Crippen LogP) is 2.63. The van der Waals surface area contributed by atoms with Crippen molar-refractivity contribution in [1.29, 1.82) is 0 Å². The van der Waals surface area contributed by atoms with E-state index in [1.54, 1.807) is 17.4 Å². The van der Waals surface area contributed by atoms with Crippen LogP contribution in [0, 0.1) is 0 Å². The number of hydrogen-bond acceptors (Lipinski definition) is 3. The van der Waals surface area contributed by atoms with E-state index >= 15 is 0 Å². The van der Waals surface area contributed by atoms with Crippen LogP contribution in [0.15, 0.2) is 34.4 Å². The molecule has 18 heavy (non-hydrogen) atoms. The first-order valence-corrected chi connectivity index (χ1v) is 6.86. The lowest BCUT2D eigenvalue weighted by atomic mass is 10.3. The molecule has 3 aromatic heterocycles. The molecule has 1 fully saturated rings. The lowest BCUT2D eigenvalue weighted by Gasteiger charge is -2.00. The highest BCUT2D eigenvalue weighted by atomic mass is 32.1. The molecule has 0 atom stereocenters. The molecule has 4 rings (SSSR count). The molecule has 0 aromatic carbocycles. The van der Waals surface area contributed by atoms with Crippen LogP contribution in [0.4, 0.5) is 0 Å².